The highest BCUT2D eigenvalue weighted by Crippen LogP contribution is 2.39. The van der Waals surface area contributed by atoms with Gasteiger partial charge in [-0.25, -0.2) is 0 Å². The summed E-state index contributed by atoms with van der Waals surface area (Å²) in [6.07, 6.45) is 10.7. The Hall–Kier alpha value is -0.990. The van der Waals surface area contributed by atoms with Gasteiger partial charge >= 0.3 is 0 Å². The number of aryl methyl sites for hydroxylation is 1. The molecule has 122 valence electrons. The Morgan fingerprint density at radius 1 is 1.22 bits per heavy atom. The smallest absolute Gasteiger partial charge is 0.0544 e. The zero-order valence-corrected chi connectivity index (χ0v) is 15.5. The highest BCUT2D eigenvalue weighted by Gasteiger charge is 2.24. The van der Waals surface area contributed by atoms with Crippen LogP contribution >= 0.6 is 23.4 Å². The van der Waals surface area contributed by atoms with E-state index >= 15 is 0 Å². The monoisotopic (exact) mass is 345 g/mol. The second-order valence-electron chi connectivity index (χ2n) is 6.59. The molecular weight excluding hydrogens is 322 g/mol. The van der Waals surface area contributed by atoms with Crippen LogP contribution in [0.15, 0.2) is 41.4 Å². The van der Waals surface area contributed by atoms with Crippen LogP contribution in [0, 0.1) is 12.8 Å². The van der Waals surface area contributed by atoms with Crippen molar-refractivity contribution in [3.05, 3.63) is 58.4 Å². The van der Waals surface area contributed by atoms with Gasteiger partial charge in [-0.2, -0.15) is 0 Å². The Balaban J connectivity index is 1.93. The molecule has 1 aliphatic carbocycles. The van der Waals surface area contributed by atoms with Crippen molar-refractivity contribution < 1.29 is 0 Å². The molecule has 1 saturated carbocycles. The number of pyridine rings is 1. The van der Waals surface area contributed by atoms with Gasteiger partial charge < -0.3 is 0 Å². The van der Waals surface area contributed by atoms with E-state index in [1.54, 1.807) is 11.8 Å². The van der Waals surface area contributed by atoms with Gasteiger partial charge in [-0.15, -0.1) is 11.8 Å². The second-order valence-corrected chi connectivity index (χ2v) is 7.85. The molecular formula is C20H24ClNS. The van der Waals surface area contributed by atoms with Gasteiger partial charge in [0.05, 0.1) is 5.02 Å². The van der Waals surface area contributed by atoms with E-state index in [1.807, 2.05) is 6.20 Å². The highest BCUT2D eigenvalue weighted by atomic mass is 35.5. The third-order valence-corrected chi connectivity index (χ3v) is 6.13. The molecule has 1 aromatic carbocycles. The Bertz CT molecular complexity index is 647. The first-order valence-electron chi connectivity index (χ1n) is 8.43. The molecule has 1 heterocycles. The summed E-state index contributed by atoms with van der Waals surface area (Å²) in [4.78, 5) is 5.87. The van der Waals surface area contributed by atoms with Gasteiger partial charge in [0.25, 0.3) is 0 Å². The zero-order valence-electron chi connectivity index (χ0n) is 13.9. The zero-order chi connectivity index (χ0) is 16.2. The molecule has 2 aromatic rings. The number of nitrogens with zero attached hydrogens (tertiary/aromatic N) is 1. The van der Waals surface area contributed by atoms with Crippen LogP contribution in [0.25, 0.3) is 0 Å². The van der Waals surface area contributed by atoms with Crippen LogP contribution in [0.5, 0.6) is 0 Å². The van der Waals surface area contributed by atoms with Crippen molar-refractivity contribution in [3.8, 4) is 0 Å². The van der Waals surface area contributed by atoms with Gasteiger partial charge in [0.1, 0.15) is 0 Å². The first kappa shape index (κ1) is 16.9. The molecule has 1 atom stereocenters. The van der Waals surface area contributed by atoms with Crippen LogP contribution in [0.4, 0.5) is 0 Å². The van der Waals surface area contributed by atoms with E-state index in [4.69, 9.17) is 16.6 Å². The molecule has 1 nitrogen and oxygen atoms in total. The maximum absolute atomic E-state index is 6.46. The Kier molecular flexibility index (Phi) is 5.66. The maximum atomic E-state index is 6.46. The van der Waals surface area contributed by atoms with E-state index in [2.05, 4.69) is 43.5 Å². The standard InChI is InChI=1S/C20H24ClNS/c1-14-7-9-19(22-13-14)17(11-15-5-3-4-6-15)16-8-10-20(23-2)18(21)12-16/h7-10,12-13,15,17H,3-6,11H2,1-2H3. The molecule has 0 radical (unpaired) electrons. The van der Waals surface area contributed by atoms with Crippen molar-refractivity contribution >= 4 is 23.4 Å². The SMILES string of the molecule is CSc1ccc(C(CC2CCCC2)c2ccc(C)cn2)cc1Cl. The van der Waals surface area contributed by atoms with Gasteiger partial charge in [0.2, 0.25) is 0 Å². The average molecular weight is 346 g/mol. The van der Waals surface area contributed by atoms with Gasteiger partial charge in [0, 0.05) is 22.7 Å². The van der Waals surface area contributed by atoms with Crippen molar-refractivity contribution in [2.45, 2.75) is 49.8 Å². The summed E-state index contributed by atoms with van der Waals surface area (Å²) in [5.74, 6) is 1.18. The van der Waals surface area contributed by atoms with E-state index in [9.17, 15) is 0 Å². The van der Waals surface area contributed by atoms with Crippen LogP contribution < -0.4 is 0 Å². The van der Waals surface area contributed by atoms with Gasteiger partial charge in [-0.1, -0.05) is 49.4 Å². The lowest BCUT2D eigenvalue weighted by atomic mass is 9.85. The molecule has 1 unspecified atom stereocenters. The van der Waals surface area contributed by atoms with Crippen LogP contribution in [-0.4, -0.2) is 11.2 Å². The summed E-state index contributed by atoms with van der Waals surface area (Å²) in [6, 6.07) is 10.9. The quantitative estimate of drug-likeness (QED) is 0.575. The summed E-state index contributed by atoms with van der Waals surface area (Å²) in [7, 11) is 0. The first-order valence-corrected chi connectivity index (χ1v) is 10.0. The Labute approximate surface area is 148 Å². The van der Waals surface area contributed by atoms with Crippen LogP contribution in [-0.2, 0) is 0 Å². The number of thioether (sulfide) groups is 1. The summed E-state index contributed by atoms with van der Waals surface area (Å²) in [6.45, 7) is 2.09. The molecule has 0 amide bonds. The number of rotatable bonds is 5. The second kappa shape index (κ2) is 7.72. The third kappa shape index (κ3) is 4.10. The summed E-state index contributed by atoms with van der Waals surface area (Å²) in [5.41, 5.74) is 3.69. The molecule has 3 rings (SSSR count). The predicted octanol–water partition coefficient (Wildman–Crippen LogP) is 6.48. The van der Waals surface area contributed by atoms with E-state index in [0.717, 1.165) is 15.8 Å². The lowest BCUT2D eigenvalue weighted by Crippen LogP contribution is -2.09. The van der Waals surface area contributed by atoms with Gasteiger partial charge in [0.15, 0.2) is 0 Å². The molecule has 0 spiro atoms. The predicted molar refractivity (Wildman–Crippen MR) is 101 cm³/mol. The molecule has 1 fully saturated rings. The number of hydrogen-bond acceptors (Lipinski definition) is 2. The van der Waals surface area contributed by atoms with Crippen molar-refractivity contribution in [1.82, 2.24) is 4.98 Å². The molecule has 0 N–H and O–H groups in total. The first-order chi connectivity index (χ1) is 11.2. The van der Waals surface area contributed by atoms with E-state index < -0.39 is 0 Å². The average Bonchev–Trinajstić information content (AvgIpc) is 3.07. The molecule has 0 bridgehead atoms. The van der Waals surface area contributed by atoms with E-state index in [0.29, 0.717) is 5.92 Å². The maximum Gasteiger partial charge on any atom is 0.0544 e. The topological polar surface area (TPSA) is 12.9 Å². The molecule has 0 saturated heterocycles. The number of benzene rings is 1. The lowest BCUT2D eigenvalue weighted by molar-refractivity contribution is 0.468. The molecule has 23 heavy (non-hydrogen) atoms. The van der Waals surface area contributed by atoms with Crippen LogP contribution in [0.2, 0.25) is 5.02 Å². The fraction of sp³-hybridized carbons (Fsp3) is 0.450. The van der Waals surface area contributed by atoms with E-state index in [1.165, 1.54) is 48.9 Å². The third-order valence-electron chi connectivity index (χ3n) is 4.91. The Morgan fingerprint density at radius 2 is 2.00 bits per heavy atom. The summed E-state index contributed by atoms with van der Waals surface area (Å²) >= 11 is 8.16. The Morgan fingerprint density at radius 3 is 2.61 bits per heavy atom. The fourth-order valence-corrected chi connectivity index (χ4v) is 4.47. The van der Waals surface area contributed by atoms with E-state index in [-0.39, 0.29) is 0 Å². The highest BCUT2D eigenvalue weighted by molar-refractivity contribution is 7.98. The largest absolute Gasteiger partial charge is 0.260 e. The minimum atomic E-state index is 0.354. The normalized spacial score (nSPS) is 16.7. The van der Waals surface area contributed by atoms with Crippen molar-refractivity contribution in [1.29, 1.82) is 0 Å². The molecule has 1 aliphatic rings. The fourth-order valence-electron chi connectivity index (χ4n) is 3.59. The summed E-state index contributed by atoms with van der Waals surface area (Å²) < 4.78 is 0. The van der Waals surface area contributed by atoms with Gasteiger partial charge in [-0.3, -0.25) is 4.98 Å². The van der Waals surface area contributed by atoms with Gasteiger partial charge in [-0.05, 0) is 54.8 Å². The van der Waals surface area contributed by atoms with Crippen LogP contribution in [0.1, 0.15) is 54.8 Å². The number of hydrogen-bond donors (Lipinski definition) is 0. The van der Waals surface area contributed by atoms with Crippen molar-refractivity contribution in [2.24, 2.45) is 5.92 Å². The minimum absolute atomic E-state index is 0.354. The lowest BCUT2D eigenvalue weighted by Gasteiger charge is -2.21. The molecule has 0 aliphatic heterocycles. The minimum Gasteiger partial charge on any atom is -0.260 e. The molecule has 3 heteroatoms. The molecule has 1 aromatic heterocycles. The number of aromatic nitrogens is 1. The van der Waals surface area contributed by atoms with Crippen molar-refractivity contribution in [3.63, 3.8) is 0 Å². The van der Waals surface area contributed by atoms with Crippen molar-refractivity contribution in [2.75, 3.05) is 6.26 Å². The number of halogens is 1. The van der Waals surface area contributed by atoms with Crippen LogP contribution in [0.3, 0.4) is 0 Å². The summed E-state index contributed by atoms with van der Waals surface area (Å²) in [5, 5.41) is 0.860.